The number of halogens is 2. The van der Waals surface area contributed by atoms with E-state index in [0.29, 0.717) is 5.69 Å². The van der Waals surface area contributed by atoms with Crippen LogP contribution in [0.3, 0.4) is 0 Å². The standard InChI is InChI=1S/C20H22F2N2O3/c1-12(16-9-8-14(21)11-17(16)22)23-18(25)13-6-5-7-15(10-13)24-19(26)27-20(2,3)4/h5-12H,1-4H3,(H,23,25)(H,24,26). The third kappa shape index (κ3) is 6.06. The summed E-state index contributed by atoms with van der Waals surface area (Å²) in [4.78, 5) is 24.3. The lowest BCUT2D eigenvalue weighted by Gasteiger charge is -2.20. The summed E-state index contributed by atoms with van der Waals surface area (Å²) in [5, 5.41) is 5.20. The van der Waals surface area contributed by atoms with Crippen molar-refractivity contribution in [2.45, 2.75) is 39.3 Å². The van der Waals surface area contributed by atoms with Crippen LogP contribution in [0, 0.1) is 11.6 Å². The van der Waals surface area contributed by atoms with Gasteiger partial charge in [0, 0.05) is 22.9 Å². The third-order valence-electron chi connectivity index (χ3n) is 3.55. The number of hydrogen-bond donors (Lipinski definition) is 2. The molecule has 0 heterocycles. The second kappa shape index (κ2) is 8.16. The van der Waals surface area contributed by atoms with Crippen LogP contribution in [0.15, 0.2) is 42.5 Å². The first-order valence-electron chi connectivity index (χ1n) is 8.41. The number of amides is 2. The molecular weight excluding hydrogens is 354 g/mol. The Morgan fingerprint density at radius 3 is 2.41 bits per heavy atom. The van der Waals surface area contributed by atoms with E-state index in [9.17, 15) is 18.4 Å². The molecule has 2 amide bonds. The van der Waals surface area contributed by atoms with Crippen molar-refractivity contribution >= 4 is 17.7 Å². The number of rotatable bonds is 4. The van der Waals surface area contributed by atoms with Gasteiger partial charge in [0.05, 0.1) is 6.04 Å². The zero-order valence-corrected chi connectivity index (χ0v) is 15.6. The molecule has 2 N–H and O–H groups in total. The van der Waals surface area contributed by atoms with E-state index in [4.69, 9.17) is 4.74 Å². The van der Waals surface area contributed by atoms with Crippen LogP contribution in [-0.2, 0) is 4.74 Å². The molecule has 0 spiro atoms. The van der Waals surface area contributed by atoms with E-state index in [-0.39, 0.29) is 11.1 Å². The Morgan fingerprint density at radius 1 is 1.07 bits per heavy atom. The fraction of sp³-hybridized carbons (Fsp3) is 0.300. The maximum atomic E-state index is 13.8. The zero-order chi connectivity index (χ0) is 20.2. The monoisotopic (exact) mass is 376 g/mol. The van der Waals surface area contributed by atoms with Crippen LogP contribution in [0.4, 0.5) is 19.3 Å². The van der Waals surface area contributed by atoms with E-state index in [1.54, 1.807) is 45.9 Å². The molecule has 2 aromatic rings. The highest BCUT2D eigenvalue weighted by Gasteiger charge is 2.18. The lowest BCUT2D eigenvalue weighted by Crippen LogP contribution is -2.28. The predicted molar refractivity (Wildman–Crippen MR) is 98.5 cm³/mol. The van der Waals surface area contributed by atoms with Gasteiger partial charge in [-0.3, -0.25) is 10.1 Å². The highest BCUT2D eigenvalue weighted by Crippen LogP contribution is 2.19. The first-order chi connectivity index (χ1) is 12.5. The van der Waals surface area contributed by atoms with Crippen LogP contribution in [0.1, 0.15) is 49.7 Å². The number of ether oxygens (including phenoxy) is 1. The molecule has 7 heteroatoms. The molecule has 0 saturated heterocycles. The van der Waals surface area contributed by atoms with Gasteiger partial charge in [0.15, 0.2) is 0 Å². The number of nitrogens with one attached hydrogen (secondary N) is 2. The molecule has 0 fully saturated rings. The number of hydrogen-bond acceptors (Lipinski definition) is 3. The fourth-order valence-electron chi connectivity index (χ4n) is 2.37. The quantitative estimate of drug-likeness (QED) is 0.805. The van der Waals surface area contributed by atoms with Crippen molar-refractivity contribution < 1.29 is 23.1 Å². The summed E-state index contributed by atoms with van der Waals surface area (Å²) in [5.41, 5.74) is 0.191. The minimum absolute atomic E-state index is 0.174. The molecule has 2 aromatic carbocycles. The fourth-order valence-corrected chi connectivity index (χ4v) is 2.37. The molecule has 5 nitrogen and oxygen atoms in total. The van der Waals surface area contributed by atoms with Crippen LogP contribution >= 0.6 is 0 Å². The SMILES string of the molecule is CC(NC(=O)c1cccc(NC(=O)OC(C)(C)C)c1)c1ccc(F)cc1F. The Hall–Kier alpha value is -2.96. The Bertz CT molecular complexity index is 847. The van der Waals surface area contributed by atoms with Gasteiger partial charge < -0.3 is 10.1 Å². The van der Waals surface area contributed by atoms with Gasteiger partial charge in [-0.1, -0.05) is 12.1 Å². The Balaban J connectivity index is 2.07. The van der Waals surface area contributed by atoms with Crippen LogP contribution in [0.5, 0.6) is 0 Å². The average molecular weight is 376 g/mol. The lowest BCUT2D eigenvalue weighted by atomic mass is 10.1. The number of carbonyl (C=O) groups excluding carboxylic acids is 2. The summed E-state index contributed by atoms with van der Waals surface area (Å²) in [7, 11) is 0. The highest BCUT2D eigenvalue weighted by atomic mass is 19.1. The number of anilines is 1. The van der Waals surface area contributed by atoms with Gasteiger partial charge in [-0.2, -0.15) is 0 Å². The maximum Gasteiger partial charge on any atom is 0.412 e. The summed E-state index contributed by atoms with van der Waals surface area (Å²) in [5.74, 6) is -1.88. The van der Waals surface area contributed by atoms with Crippen molar-refractivity contribution in [1.29, 1.82) is 0 Å². The van der Waals surface area contributed by atoms with Crippen molar-refractivity contribution in [1.82, 2.24) is 5.32 Å². The van der Waals surface area contributed by atoms with Crippen molar-refractivity contribution in [3.8, 4) is 0 Å². The number of benzene rings is 2. The first kappa shape index (κ1) is 20.4. The molecule has 2 rings (SSSR count). The second-order valence-corrected chi connectivity index (χ2v) is 7.07. The normalized spacial score (nSPS) is 12.2. The van der Waals surface area contributed by atoms with Gasteiger partial charge in [0.25, 0.3) is 5.91 Å². The van der Waals surface area contributed by atoms with Crippen molar-refractivity contribution in [3.63, 3.8) is 0 Å². The minimum atomic E-state index is -0.733. The molecule has 27 heavy (non-hydrogen) atoms. The Morgan fingerprint density at radius 2 is 1.78 bits per heavy atom. The largest absolute Gasteiger partial charge is 0.444 e. The average Bonchev–Trinajstić information content (AvgIpc) is 2.52. The Kier molecular flexibility index (Phi) is 6.15. The zero-order valence-electron chi connectivity index (χ0n) is 15.6. The van der Waals surface area contributed by atoms with Gasteiger partial charge in [-0.25, -0.2) is 13.6 Å². The molecule has 0 radical (unpaired) electrons. The van der Waals surface area contributed by atoms with E-state index < -0.39 is 35.3 Å². The van der Waals surface area contributed by atoms with E-state index in [1.807, 2.05) is 0 Å². The predicted octanol–water partition coefficient (Wildman–Crippen LogP) is 4.80. The molecule has 1 atom stereocenters. The molecule has 0 aliphatic rings. The van der Waals surface area contributed by atoms with E-state index in [1.165, 1.54) is 12.1 Å². The van der Waals surface area contributed by atoms with Crippen LogP contribution in [0.25, 0.3) is 0 Å². The van der Waals surface area contributed by atoms with Gasteiger partial charge >= 0.3 is 6.09 Å². The molecule has 0 aliphatic carbocycles. The van der Waals surface area contributed by atoms with Crippen molar-refractivity contribution in [3.05, 3.63) is 65.2 Å². The molecule has 0 aromatic heterocycles. The van der Waals surface area contributed by atoms with Crippen molar-refractivity contribution in [2.75, 3.05) is 5.32 Å². The van der Waals surface area contributed by atoms with Crippen LogP contribution < -0.4 is 10.6 Å². The molecule has 144 valence electrons. The first-order valence-corrected chi connectivity index (χ1v) is 8.41. The van der Waals surface area contributed by atoms with Gasteiger partial charge in [-0.15, -0.1) is 0 Å². The summed E-state index contributed by atoms with van der Waals surface area (Å²) in [6, 6.07) is 8.78. The maximum absolute atomic E-state index is 13.8. The summed E-state index contributed by atoms with van der Waals surface area (Å²) >= 11 is 0. The molecule has 0 aliphatic heterocycles. The molecular formula is C20H22F2N2O3. The molecule has 1 unspecified atom stereocenters. The summed E-state index contributed by atoms with van der Waals surface area (Å²) in [6.45, 7) is 6.82. The van der Waals surface area contributed by atoms with Gasteiger partial charge in [0.1, 0.15) is 17.2 Å². The third-order valence-corrected chi connectivity index (χ3v) is 3.55. The molecule has 0 saturated carbocycles. The lowest BCUT2D eigenvalue weighted by molar-refractivity contribution is 0.0635. The topological polar surface area (TPSA) is 67.4 Å². The van der Waals surface area contributed by atoms with Gasteiger partial charge in [-0.05, 0) is 52.0 Å². The van der Waals surface area contributed by atoms with E-state index in [0.717, 1.165) is 12.1 Å². The Labute approximate surface area is 156 Å². The molecule has 0 bridgehead atoms. The van der Waals surface area contributed by atoms with E-state index in [2.05, 4.69) is 10.6 Å². The summed E-state index contributed by atoms with van der Waals surface area (Å²) in [6.07, 6.45) is -0.637. The minimum Gasteiger partial charge on any atom is -0.444 e. The van der Waals surface area contributed by atoms with Crippen LogP contribution in [0.2, 0.25) is 0 Å². The second-order valence-electron chi connectivity index (χ2n) is 7.07. The highest BCUT2D eigenvalue weighted by molar-refractivity contribution is 5.96. The van der Waals surface area contributed by atoms with E-state index >= 15 is 0 Å². The summed E-state index contributed by atoms with van der Waals surface area (Å²) < 4.78 is 32.0. The van der Waals surface area contributed by atoms with Crippen LogP contribution in [-0.4, -0.2) is 17.6 Å². The smallest absolute Gasteiger partial charge is 0.412 e. The van der Waals surface area contributed by atoms with Crippen molar-refractivity contribution in [2.24, 2.45) is 0 Å². The van der Waals surface area contributed by atoms with Gasteiger partial charge in [0.2, 0.25) is 0 Å². The number of carbonyl (C=O) groups is 2.